The van der Waals surface area contributed by atoms with Crippen LogP contribution in [0.1, 0.15) is 41.9 Å². The van der Waals surface area contributed by atoms with Gasteiger partial charge in [-0.2, -0.15) is 0 Å². The summed E-state index contributed by atoms with van der Waals surface area (Å²) in [7, 11) is 0. The van der Waals surface area contributed by atoms with Crippen molar-refractivity contribution in [3.05, 3.63) is 52.5 Å². The predicted molar refractivity (Wildman–Crippen MR) is 87.3 cm³/mol. The van der Waals surface area contributed by atoms with Gasteiger partial charge in [0.15, 0.2) is 5.43 Å². The third kappa shape index (κ3) is 3.70. The molecule has 1 aliphatic rings. The van der Waals surface area contributed by atoms with Gasteiger partial charge in [0, 0.05) is 49.4 Å². The molecule has 0 aliphatic carbocycles. The first kappa shape index (κ1) is 15.5. The molecule has 1 unspecified atom stereocenters. The number of nitrogens with zero attached hydrogens (tertiary/aromatic N) is 3. The summed E-state index contributed by atoms with van der Waals surface area (Å²) in [5.41, 5.74) is 0.980. The highest BCUT2D eigenvalue weighted by atomic mass is 16.2. The van der Waals surface area contributed by atoms with E-state index in [1.807, 2.05) is 15.7 Å². The van der Waals surface area contributed by atoms with E-state index >= 15 is 0 Å². The second-order valence-electron chi connectivity index (χ2n) is 6.15. The fourth-order valence-electron chi connectivity index (χ4n) is 3.24. The Kier molecular flexibility index (Phi) is 4.60. The molecule has 1 saturated heterocycles. The van der Waals surface area contributed by atoms with Crippen molar-refractivity contribution in [3.8, 4) is 0 Å². The summed E-state index contributed by atoms with van der Waals surface area (Å²) in [5.74, 6) is -0.0684. The van der Waals surface area contributed by atoms with Gasteiger partial charge in [-0.15, -0.1) is 0 Å². The van der Waals surface area contributed by atoms with Crippen LogP contribution in [0.2, 0.25) is 0 Å². The van der Waals surface area contributed by atoms with Gasteiger partial charge >= 0.3 is 0 Å². The number of aromatic nitrogens is 3. The number of aryl methyl sites for hydroxylation is 2. The summed E-state index contributed by atoms with van der Waals surface area (Å²) < 4.78 is 2.03. The van der Waals surface area contributed by atoms with Gasteiger partial charge < -0.3 is 14.5 Å². The van der Waals surface area contributed by atoms with Crippen LogP contribution < -0.4 is 5.43 Å². The van der Waals surface area contributed by atoms with Crippen molar-refractivity contribution in [2.75, 3.05) is 6.54 Å². The largest absolute Gasteiger partial charge is 0.354 e. The number of hydrogen-bond acceptors (Lipinski definition) is 3. The Bertz CT molecular complexity index is 720. The molecule has 3 rings (SSSR count). The van der Waals surface area contributed by atoms with E-state index in [4.69, 9.17) is 0 Å². The molecule has 6 heteroatoms. The van der Waals surface area contributed by atoms with Gasteiger partial charge in [-0.3, -0.25) is 9.59 Å². The summed E-state index contributed by atoms with van der Waals surface area (Å²) in [5, 5.41) is 0. The molecule has 6 nitrogen and oxygen atoms in total. The van der Waals surface area contributed by atoms with E-state index in [2.05, 4.69) is 9.97 Å². The molecule has 3 heterocycles. The molecule has 1 aliphatic heterocycles. The number of carbonyl (C=O) groups excluding carboxylic acids is 1. The minimum absolute atomic E-state index is 0.0684. The van der Waals surface area contributed by atoms with Crippen molar-refractivity contribution in [3.63, 3.8) is 0 Å². The fraction of sp³-hybridized carbons (Fsp3) is 0.471. The second kappa shape index (κ2) is 6.81. The molecule has 0 bridgehead atoms. The Balaban J connectivity index is 1.74. The zero-order chi connectivity index (χ0) is 16.2. The van der Waals surface area contributed by atoms with Gasteiger partial charge in [-0.1, -0.05) is 0 Å². The van der Waals surface area contributed by atoms with Crippen molar-refractivity contribution in [1.82, 2.24) is 19.4 Å². The van der Waals surface area contributed by atoms with Crippen LogP contribution >= 0.6 is 0 Å². The number of pyridine rings is 1. The zero-order valence-electron chi connectivity index (χ0n) is 13.4. The maximum atomic E-state index is 12.8. The maximum absolute atomic E-state index is 12.8. The number of piperidine rings is 1. The smallest absolute Gasteiger partial charge is 0.270 e. The molecule has 1 amide bonds. The Morgan fingerprint density at radius 2 is 2.26 bits per heavy atom. The quantitative estimate of drug-likeness (QED) is 0.938. The van der Waals surface area contributed by atoms with Crippen molar-refractivity contribution >= 4 is 5.91 Å². The van der Waals surface area contributed by atoms with E-state index in [1.165, 1.54) is 12.1 Å². The first-order chi connectivity index (χ1) is 11.1. The predicted octanol–water partition coefficient (Wildman–Crippen LogP) is 1.96. The topological polar surface area (TPSA) is 71.0 Å². The third-order valence-electron chi connectivity index (χ3n) is 4.38. The van der Waals surface area contributed by atoms with E-state index in [1.54, 1.807) is 19.4 Å². The van der Waals surface area contributed by atoms with Crippen LogP contribution in [0.15, 0.2) is 35.6 Å². The van der Waals surface area contributed by atoms with Gasteiger partial charge in [0.2, 0.25) is 0 Å². The summed E-state index contributed by atoms with van der Waals surface area (Å²) >= 11 is 0. The molecule has 122 valence electrons. The number of carbonyl (C=O) groups is 1. The van der Waals surface area contributed by atoms with Gasteiger partial charge in [0.1, 0.15) is 5.69 Å². The molecule has 1 atom stereocenters. The number of amides is 1. The number of aromatic amines is 1. The second-order valence-corrected chi connectivity index (χ2v) is 6.15. The minimum Gasteiger partial charge on any atom is -0.354 e. The average molecular weight is 314 g/mol. The maximum Gasteiger partial charge on any atom is 0.270 e. The zero-order valence-corrected chi connectivity index (χ0v) is 13.4. The molecule has 0 aromatic carbocycles. The van der Waals surface area contributed by atoms with Crippen LogP contribution in [0.5, 0.6) is 0 Å². The van der Waals surface area contributed by atoms with Crippen LogP contribution in [-0.4, -0.2) is 37.9 Å². The van der Waals surface area contributed by atoms with Crippen LogP contribution in [0.3, 0.4) is 0 Å². The van der Waals surface area contributed by atoms with E-state index in [-0.39, 0.29) is 17.4 Å². The van der Waals surface area contributed by atoms with E-state index in [0.29, 0.717) is 11.4 Å². The van der Waals surface area contributed by atoms with Crippen molar-refractivity contribution in [2.45, 2.75) is 45.2 Å². The Labute approximate surface area is 135 Å². The van der Waals surface area contributed by atoms with E-state index in [0.717, 1.165) is 38.8 Å². The van der Waals surface area contributed by atoms with Crippen molar-refractivity contribution in [1.29, 1.82) is 0 Å². The number of hydrogen-bond donors (Lipinski definition) is 1. The number of imidazole rings is 1. The number of likely N-dealkylation sites (tertiary alicyclic amines) is 1. The van der Waals surface area contributed by atoms with Crippen molar-refractivity contribution in [2.24, 2.45) is 0 Å². The molecule has 0 spiro atoms. The highest BCUT2D eigenvalue weighted by molar-refractivity contribution is 5.92. The molecule has 2 aromatic heterocycles. The molecule has 23 heavy (non-hydrogen) atoms. The number of H-pyrrole nitrogens is 1. The summed E-state index contributed by atoms with van der Waals surface area (Å²) in [6.07, 6.45) is 9.57. The van der Waals surface area contributed by atoms with Crippen LogP contribution in [0.25, 0.3) is 0 Å². The highest BCUT2D eigenvalue weighted by Gasteiger charge is 2.27. The molecule has 0 radical (unpaired) electrons. The molecule has 2 aromatic rings. The lowest BCUT2D eigenvalue weighted by atomic mass is 9.98. The highest BCUT2D eigenvalue weighted by Crippen LogP contribution is 2.22. The monoisotopic (exact) mass is 314 g/mol. The first-order valence-electron chi connectivity index (χ1n) is 8.11. The molecular formula is C17H22N4O2. The average Bonchev–Trinajstić information content (AvgIpc) is 3.05. The summed E-state index contributed by atoms with van der Waals surface area (Å²) in [6.45, 7) is 3.40. The van der Waals surface area contributed by atoms with Gasteiger partial charge in [0.05, 0.1) is 6.33 Å². The third-order valence-corrected chi connectivity index (χ3v) is 4.38. The SMILES string of the molecule is Cc1cc(=O)cc(C(=O)N2CCCCC2CCn2ccnc2)[nH]1. The van der Waals surface area contributed by atoms with Crippen LogP contribution in [-0.2, 0) is 6.54 Å². The molecule has 0 saturated carbocycles. The van der Waals surface area contributed by atoms with Crippen molar-refractivity contribution < 1.29 is 4.79 Å². The molecule has 1 N–H and O–H groups in total. The molecular weight excluding hydrogens is 292 g/mol. The Hall–Kier alpha value is -2.37. The van der Waals surface area contributed by atoms with E-state index in [9.17, 15) is 9.59 Å². The Morgan fingerprint density at radius 1 is 1.39 bits per heavy atom. The standard InChI is InChI=1S/C17H22N4O2/c1-13-10-15(22)11-16(19-13)17(23)21-7-3-2-4-14(21)5-8-20-9-6-18-12-20/h6,9-12,14H,2-5,7-8H2,1H3,(H,19,22). The summed E-state index contributed by atoms with van der Waals surface area (Å²) in [6, 6.07) is 3.11. The van der Waals surface area contributed by atoms with E-state index < -0.39 is 0 Å². The minimum atomic E-state index is -0.128. The first-order valence-corrected chi connectivity index (χ1v) is 8.11. The lowest BCUT2D eigenvalue weighted by Gasteiger charge is -2.36. The number of rotatable bonds is 4. The summed E-state index contributed by atoms with van der Waals surface area (Å²) in [4.78, 5) is 33.5. The lowest BCUT2D eigenvalue weighted by Crippen LogP contribution is -2.44. The van der Waals surface area contributed by atoms with Gasteiger partial charge in [-0.25, -0.2) is 4.98 Å². The van der Waals surface area contributed by atoms with Gasteiger partial charge in [-0.05, 0) is 32.6 Å². The lowest BCUT2D eigenvalue weighted by molar-refractivity contribution is 0.0589. The van der Waals surface area contributed by atoms with Crippen LogP contribution in [0, 0.1) is 6.92 Å². The fourth-order valence-corrected chi connectivity index (χ4v) is 3.24. The van der Waals surface area contributed by atoms with Gasteiger partial charge in [0.25, 0.3) is 5.91 Å². The Morgan fingerprint density at radius 3 is 3.00 bits per heavy atom. The van der Waals surface area contributed by atoms with Crippen LogP contribution in [0.4, 0.5) is 0 Å². The normalized spacial score (nSPS) is 18.1. The number of nitrogens with one attached hydrogen (secondary N) is 1. The molecule has 1 fully saturated rings.